The average molecular weight is 454 g/mol. The van der Waals surface area contributed by atoms with Gasteiger partial charge in [0, 0.05) is 41.7 Å². The third-order valence-corrected chi connectivity index (χ3v) is 6.01. The molecule has 1 fully saturated rings. The topological polar surface area (TPSA) is 41.9 Å². The number of nitrogens with zero attached hydrogens (tertiary/aromatic N) is 2. The number of hydrogen-bond acceptors (Lipinski definition) is 3. The molecule has 7 heteroatoms. The number of halogens is 3. The highest BCUT2D eigenvalue weighted by atomic mass is 19.4. The maximum atomic E-state index is 12.8. The predicted molar refractivity (Wildman–Crippen MR) is 123 cm³/mol. The third-order valence-electron chi connectivity index (χ3n) is 6.01. The van der Waals surface area contributed by atoms with Crippen LogP contribution in [0.4, 0.5) is 13.2 Å². The van der Waals surface area contributed by atoms with E-state index in [9.17, 15) is 18.0 Å². The van der Waals surface area contributed by atoms with Crippen LogP contribution in [0.15, 0.2) is 65.7 Å². The van der Waals surface area contributed by atoms with E-state index in [1.807, 2.05) is 13.0 Å². The minimum atomic E-state index is -4.39. The number of alkyl halides is 3. The van der Waals surface area contributed by atoms with Crippen molar-refractivity contribution in [2.24, 2.45) is 10.9 Å². The molecule has 0 N–H and O–H groups in total. The number of amides is 1. The number of fused-ring (bicyclic) bond motifs is 1. The zero-order valence-corrected chi connectivity index (χ0v) is 18.7. The van der Waals surface area contributed by atoms with Gasteiger partial charge in [-0.1, -0.05) is 12.1 Å². The van der Waals surface area contributed by atoms with E-state index in [1.54, 1.807) is 30.3 Å². The highest BCUT2D eigenvalue weighted by Crippen LogP contribution is 2.34. The van der Waals surface area contributed by atoms with Crippen molar-refractivity contribution in [3.63, 3.8) is 0 Å². The fourth-order valence-electron chi connectivity index (χ4n) is 3.83. The van der Waals surface area contributed by atoms with E-state index in [1.165, 1.54) is 12.1 Å². The normalized spacial score (nSPS) is 15.7. The fourth-order valence-corrected chi connectivity index (χ4v) is 3.83. The summed E-state index contributed by atoms with van der Waals surface area (Å²) >= 11 is 0. The fraction of sp³-hybridized carbons (Fsp3) is 0.308. The van der Waals surface area contributed by atoms with Crippen LogP contribution >= 0.6 is 0 Å². The number of carbonyl (C=O) groups excluding carboxylic acids is 1. The van der Waals surface area contributed by atoms with Gasteiger partial charge in [0.05, 0.1) is 5.56 Å². The molecular weight excluding hydrogens is 429 g/mol. The molecule has 0 aliphatic carbocycles. The van der Waals surface area contributed by atoms with Crippen LogP contribution in [0.5, 0.6) is 11.5 Å². The molecule has 1 aliphatic heterocycles. The van der Waals surface area contributed by atoms with Crippen molar-refractivity contribution in [3.05, 3.63) is 71.8 Å². The van der Waals surface area contributed by atoms with Gasteiger partial charge in [0.1, 0.15) is 11.5 Å². The Kier molecular flexibility index (Phi) is 6.26. The third kappa shape index (κ3) is 5.09. The summed E-state index contributed by atoms with van der Waals surface area (Å²) in [7, 11) is 0. The van der Waals surface area contributed by atoms with Crippen molar-refractivity contribution < 1.29 is 22.7 Å². The lowest BCUT2D eigenvalue weighted by Crippen LogP contribution is -2.52. The zero-order chi connectivity index (χ0) is 23.8. The summed E-state index contributed by atoms with van der Waals surface area (Å²) in [5, 5.41) is 1.54. The molecule has 0 spiro atoms. The number of ether oxygens (including phenoxy) is 1. The summed E-state index contributed by atoms with van der Waals surface area (Å²) in [6.45, 7) is 8.04. The lowest BCUT2D eigenvalue weighted by Gasteiger charge is -2.42. The molecular formula is C26H25F3N2O2. The Hall–Kier alpha value is -3.19. The number of likely N-dealkylation sites (tertiary alicyclic amines) is 1. The maximum absolute atomic E-state index is 12.8. The van der Waals surface area contributed by atoms with E-state index in [4.69, 9.17) is 4.74 Å². The molecule has 172 valence electrons. The van der Waals surface area contributed by atoms with Gasteiger partial charge in [-0.2, -0.15) is 13.2 Å². The SMILES string of the molecule is CC(=NC(=O)c1ccc2c(Oc3ccc(C(F)(F)F)cc3)cccc2c1)C1CN(C(C)C)C1. The Morgan fingerprint density at radius 2 is 1.76 bits per heavy atom. The zero-order valence-electron chi connectivity index (χ0n) is 18.7. The van der Waals surface area contributed by atoms with Crippen LogP contribution in [0.2, 0.25) is 0 Å². The number of benzene rings is 3. The molecule has 4 nitrogen and oxygen atoms in total. The van der Waals surface area contributed by atoms with Gasteiger partial charge in [-0.05, 0) is 74.7 Å². The van der Waals surface area contributed by atoms with Crippen molar-refractivity contribution in [1.29, 1.82) is 0 Å². The van der Waals surface area contributed by atoms with Gasteiger partial charge >= 0.3 is 6.18 Å². The number of carbonyl (C=O) groups is 1. The van der Waals surface area contributed by atoms with Crippen molar-refractivity contribution in [3.8, 4) is 11.5 Å². The Morgan fingerprint density at radius 1 is 1.06 bits per heavy atom. The van der Waals surface area contributed by atoms with Crippen molar-refractivity contribution >= 4 is 22.4 Å². The summed E-state index contributed by atoms with van der Waals surface area (Å²) in [5.74, 6) is 0.813. The molecule has 0 saturated carbocycles. The smallest absolute Gasteiger partial charge is 0.416 e. The number of aliphatic imine (C=N–C) groups is 1. The summed E-state index contributed by atoms with van der Waals surface area (Å²) in [6, 6.07) is 15.6. The molecule has 3 aromatic carbocycles. The van der Waals surface area contributed by atoms with E-state index in [2.05, 4.69) is 23.7 Å². The van der Waals surface area contributed by atoms with E-state index in [-0.39, 0.29) is 5.91 Å². The average Bonchev–Trinajstić information content (AvgIpc) is 2.72. The first-order valence-electron chi connectivity index (χ1n) is 10.8. The molecule has 3 aromatic rings. The van der Waals surface area contributed by atoms with Crippen molar-refractivity contribution in [2.45, 2.75) is 33.0 Å². The van der Waals surface area contributed by atoms with Gasteiger partial charge in [-0.25, -0.2) is 4.99 Å². The van der Waals surface area contributed by atoms with Crippen molar-refractivity contribution in [1.82, 2.24) is 4.90 Å². The maximum Gasteiger partial charge on any atom is 0.416 e. The summed E-state index contributed by atoms with van der Waals surface area (Å²) in [5.41, 5.74) is 0.593. The van der Waals surface area contributed by atoms with Crippen LogP contribution in [-0.4, -0.2) is 35.7 Å². The van der Waals surface area contributed by atoms with Crippen LogP contribution in [0.1, 0.15) is 36.7 Å². The highest BCUT2D eigenvalue weighted by Gasteiger charge is 2.31. The first kappa shape index (κ1) is 23.0. The molecule has 4 rings (SSSR count). The molecule has 1 saturated heterocycles. The Bertz CT molecular complexity index is 1190. The lowest BCUT2D eigenvalue weighted by molar-refractivity contribution is -0.137. The second-order valence-corrected chi connectivity index (χ2v) is 8.62. The van der Waals surface area contributed by atoms with Crippen molar-refractivity contribution in [2.75, 3.05) is 13.1 Å². The predicted octanol–water partition coefficient (Wildman–Crippen LogP) is 6.59. The van der Waals surface area contributed by atoms with Gasteiger partial charge < -0.3 is 4.74 Å². The molecule has 0 atom stereocenters. The van der Waals surface area contributed by atoms with E-state index in [0.29, 0.717) is 29.0 Å². The van der Waals surface area contributed by atoms with Crippen LogP contribution in [0.3, 0.4) is 0 Å². The Balaban J connectivity index is 1.51. The monoisotopic (exact) mass is 454 g/mol. The highest BCUT2D eigenvalue weighted by molar-refractivity contribution is 6.06. The number of hydrogen-bond donors (Lipinski definition) is 0. The van der Waals surface area contributed by atoms with Crippen LogP contribution in [-0.2, 0) is 6.18 Å². The van der Waals surface area contributed by atoms with Crippen LogP contribution in [0.25, 0.3) is 10.8 Å². The van der Waals surface area contributed by atoms with Gasteiger partial charge in [-0.3, -0.25) is 9.69 Å². The largest absolute Gasteiger partial charge is 0.457 e. The summed E-state index contributed by atoms with van der Waals surface area (Å²) < 4.78 is 44.1. The minimum Gasteiger partial charge on any atom is -0.457 e. The first-order chi connectivity index (χ1) is 15.6. The van der Waals surface area contributed by atoms with E-state index >= 15 is 0 Å². The molecule has 33 heavy (non-hydrogen) atoms. The molecule has 1 amide bonds. The second kappa shape index (κ2) is 8.98. The minimum absolute atomic E-state index is 0.286. The number of rotatable bonds is 5. The van der Waals surface area contributed by atoms with E-state index < -0.39 is 11.7 Å². The molecule has 0 bridgehead atoms. The summed E-state index contributed by atoms with van der Waals surface area (Å²) in [4.78, 5) is 19.4. The Morgan fingerprint density at radius 3 is 2.39 bits per heavy atom. The van der Waals surface area contributed by atoms with Gasteiger partial charge in [0.15, 0.2) is 0 Å². The first-order valence-corrected chi connectivity index (χ1v) is 10.8. The molecule has 0 unspecified atom stereocenters. The van der Waals surface area contributed by atoms with Gasteiger partial charge in [0.25, 0.3) is 5.91 Å². The standard InChI is InChI=1S/C26H25F3N2O2/c1-16(2)31-14-20(15-31)17(3)30-25(32)19-7-12-23-18(13-19)5-4-6-24(23)33-22-10-8-21(9-11-22)26(27,28)29/h4-13,16,20H,14-15H2,1-3H3. The van der Waals surface area contributed by atoms with E-state index in [0.717, 1.165) is 41.7 Å². The van der Waals surface area contributed by atoms with Gasteiger partial charge in [-0.15, -0.1) is 0 Å². The second-order valence-electron chi connectivity index (χ2n) is 8.62. The molecule has 1 aliphatic rings. The van der Waals surface area contributed by atoms with Crippen LogP contribution in [0, 0.1) is 5.92 Å². The van der Waals surface area contributed by atoms with Gasteiger partial charge in [0.2, 0.25) is 0 Å². The molecule has 0 radical (unpaired) electrons. The molecule has 1 heterocycles. The van der Waals surface area contributed by atoms with Crippen LogP contribution < -0.4 is 4.74 Å². The summed E-state index contributed by atoms with van der Waals surface area (Å²) in [6.07, 6.45) is -4.39. The quantitative estimate of drug-likeness (QED) is 0.408. The lowest BCUT2D eigenvalue weighted by atomic mass is 9.94. The molecule has 0 aromatic heterocycles. The Labute approximate surface area is 190 Å².